The predicted octanol–water partition coefficient (Wildman–Crippen LogP) is 2.81. The number of benzene rings is 1. The highest BCUT2D eigenvalue weighted by molar-refractivity contribution is 14.1. The molecule has 0 saturated carbocycles. The summed E-state index contributed by atoms with van der Waals surface area (Å²) >= 11 is 4.50. The van der Waals surface area contributed by atoms with Crippen molar-refractivity contribution in [1.29, 1.82) is 5.26 Å². The number of rotatable bonds is 2. The maximum Gasteiger partial charge on any atom is 0.0641 e. The first kappa shape index (κ1) is 11.2. The number of hydrogen-bond donors (Lipinski definition) is 1. The van der Waals surface area contributed by atoms with Crippen LogP contribution in [0.2, 0.25) is 0 Å². The summed E-state index contributed by atoms with van der Waals surface area (Å²) < 4.78 is 2.32. The van der Waals surface area contributed by atoms with E-state index in [0.29, 0.717) is 6.42 Å². The van der Waals surface area contributed by atoms with Crippen molar-refractivity contribution >= 4 is 45.2 Å². The lowest BCUT2D eigenvalue weighted by Gasteiger charge is -2.08. The topological polar surface area (TPSA) is 49.8 Å². The number of nitrogens with two attached hydrogens (primary N) is 1. The van der Waals surface area contributed by atoms with E-state index in [1.54, 1.807) is 0 Å². The van der Waals surface area contributed by atoms with Gasteiger partial charge in [-0.1, -0.05) is 0 Å². The Labute approximate surface area is 105 Å². The van der Waals surface area contributed by atoms with Gasteiger partial charge in [0.25, 0.3) is 0 Å². The molecule has 1 atom stereocenters. The Morgan fingerprint density at radius 1 is 1.31 bits per heavy atom. The van der Waals surface area contributed by atoms with Crippen LogP contribution in [-0.2, 0) is 0 Å². The van der Waals surface area contributed by atoms with Crippen molar-refractivity contribution < 1.29 is 0 Å². The van der Waals surface area contributed by atoms with E-state index >= 15 is 0 Å². The highest BCUT2D eigenvalue weighted by Gasteiger charge is 2.06. The summed E-state index contributed by atoms with van der Waals surface area (Å²) in [5.41, 5.74) is 6.85. The zero-order valence-electron chi connectivity index (χ0n) is 6.80. The van der Waals surface area contributed by atoms with Crippen molar-refractivity contribution in [1.82, 2.24) is 0 Å². The lowest BCUT2D eigenvalue weighted by molar-refractivity contribution is 0.747. The van der Waals surface area contributed by atoms with Crippen molar-refractivity contribution in [3.63, 3.8) is 0 Å². The van der Waals surface area contributed by atoms with Crippen molar-refractivity contribution in [3.05, 3.63) is 30.9 Å². The minimum atomic E-state index is -0.159. The van der Waals surface area contributed by atoms with E-state index in [2.05, 4.69) is 57.3 Å². The van der Waals surface area contributed by atoms with Gasteiger partial charge in [0.15, 0.2) is 0 Å². The second kappa shape index (κ2) is 5.12. The van der Waals surface area contributed by atoms with Gasteiger partial charge in [-0.25, -0.2) is 0 Å². The second-order valence-corrected chi connectivity index (χ2v) is 5.16. The van der Waals surface area contributed by atoms with Crippen LogP contribution in [0.5, 0.6) is 0 Å². The van der Waals surface area contributed by atoms with Gasteiger partial charge >= 0.3 is 0 Å². The molecule has 13 heavy (non-hydrogen) atoms. The number of nitriles is 1. The van der Waals surface area contributed by atoms with Crippen molar-refractivity contribution in [3.8, 4) is 6.07 Å². The quantitative estimate of drug-likeness (QED) is 0.780. The summed E-state index contributed by atoms with van der Waals surface area (Å²) in [5, 5.41) is 8.50. The summed E-state index contributed by atoms with van der Waals surface area (Å²) in [6.07, 6.45) is 0.371. The Morgan fingerprint density at radius 3 is 2.31 bits per heavy atom. The third kappa shape index (κ3) is 3.40. The van der Waals surface area contributed by atoms with E-state index in [4.69, 9.17) is 11.0 Å². The highest BCUT2D eigenvalue weighted by Crippen LogP contribution is 2.20. The fourth-order valence-corrected chi connectivity index (χ4v) is 2.99. The predicted molar refractivity (Wildman–Crippen MR) is 69.0 cm³/mol. The van der Waals surface area contributed by atoms with Crippen LogP contribution in [0, 0.1) is 18.5 Å². The van der Waals surface area contributed by atoms with Gasteiger partial charge < -0.3 is 5.73 Å². The fraction of sp³-hybridized carbons (Fsp3) is 0.222. The maximum absolute atomic E-state index is 8.50. The molecule has 1 aromatic carbocycles. The molecule has 2 nitrogen and oxygen atoms in total. The minimum absolute atomic E-state index is 0.159. The number of hydrogen-bond acceptors (Lipinski definition) is 2. The molecule has 1 rings (SSSR count). The van der Waals surface area contributed by atoms with E-state index in [9.17, 15) is 0 Å². The van der Waals surface area contributed by atoms with Crippen LogP contribution in [-0.4, -0.2) is 0 Å². The second-order valence-electron chi connectivity index (χ2n) is 2.67. The lowest BCUT2D eigenvalue weighted by atomic mass is 10.1. The molecule has 0 saturated heterocycles. The summed E-state index contributed by atoms with van der Waals surface area (Å²) in [6, 6.07) is 8.03. The first-order valence-corrected chi connectivity index (χ1v) is 5.87. The van der Waals surface area contributed by atoms with Crippen molar-refractivity contribution in [2.24, 2.45) is 5.73 Å². The van der Waals surface area contributed by atoms with Crippen LogP contribution in [0.1, 0.15) is 18.0 Å². The van der Waals surface area contributed by atoms with Gasteiger partial charge in [0.1, 0.15) is 0 Å². The van der Waals surface area contributed by atoms with Gasteiger partial charge in [0.2, 0.25) is 0 Å². The Hall–Kier alpha value is 0.130. The number of halogens is 2. The molecule has 0 radical (unpaired) electrons. The van der Waals surface area contributed by atoms with Crippen LogP contribution in [0.4, 0.5) is 0 Å². The molecule has 0 heterocycles. The molecule has 1 aromatic rings. The van der Waals surface area contributed by atoms with Gasteiger partial charge in [0, 0.05) is 13.2 Å². The summed E-state index contributed by atoms with van der Waals surface area (Å²) in [5.74, 6) is 0. The zero-order chi connectivity index (χ0) is 9.84. The van der Waals surface area contributed by atoms with E-state index in [1.807, 2.05) is 12.1 Å². The third-order valence-electron chi connectivity index (χ3n) is 1.62. The monoisotopic (exact) mass is 398 g/mol. The molecule has 1 unspecified atom stereocenters. The molecule has 68 valence electrons. The van der Waals surface area contributed by atoms with E-state index in [0.717, 1.165) is 12.7 Å². The molecule has 0 amide bonds. The normalized spacial score (nSPS) is 12.2. The standard InChI is InChI=1S/C9H8I2N2/c10-7-3-6(4-8(11)5-7)9(13)1-2-12/h3-5,9H,1,13H2. The van der Waals surface area contributed by atoms with Gasteiger partial charge in [-0.2, -0.15) is 5.26 Å². The summed E-state index contributed by atoms with van der Waals surface area (Å²) in [4.78, 5) is 0. The van der Waals surface area contributed by atoms with Crippen molar-refractivity contribution in [2.45, 2.75) is 12.5 Å². The average molecular weight is 398 g/mol. The van der Waals surface area contributed by atoms with Crippen LogP contribution in [0.15, 0.2) is 18.2 Å². The molecule has 0 bridgehead atoms. The first-order chi connectivity index (χ1) is 6.13. The van der Waals surface area contributed by atoms with Gasteiger partial charge in [-0.3, -0.25) is 0 Å². The van der Waals surface area contributed by atoms with Crippen LogP contribution in [0.25, 0.3) is 0 Å². The average Bonchev–Trinajstić information content (AvgIpc) is 2.03. The van der Waals surface area contributed by atoms with Crippen LogP contribution in [0.3, 0.4) is 0 Å². The van der Waals surface area contributed by atoms with Gasteiger partial charge in [-0.05, 0) is 68.9 Å². The van der Waals surface area contributed by atoms with E-state index in [-0.39, 0.29) is 6.04 Å². The highest BCUT2D eigenvalue weighted by atomic mass is 127. The van der Waals surface area contributed by atoms with Gasteiger partial charge in [0.05, 0.1) is 12.5 Å². The Bertz CT molecular complexity index is 324. The molecule has 0 aromatic heterocycles. The Balaban J connectivity index is 2.95. The largest absolute Gasteiger partial charge is 0.323 e. The summed E-state index contributed by atoms with van der Waals surface area (Å²) in [6.45, 7) is 0. The molecule has 2 N–H and O–H groups in total. The first-order valence-electron chi connectivity index (χ1n) is 3.72. The molecule has 0 spiro atoms. The molecule has 4 heteroatoms. The molecule has 0 aliphatic carbocycles. The molecule has 0 fully saturated rings. The molecule has 0 aliphatic heterocycles. The van der Waals surface area contributed by atoms with E-state index in [1.165, 1.54) is 0 Å². The van der Waals surface area contributed by atoms with E-state index < -0.39 is 0 Å². The third-order valence-corrected chi connectivity index (χ3v) is 2.87. The summed E-state index contributed by atoms with van der Waals surface area (Å²) in [7, 11) is 0. The molecule has 0 aliphatic rings. The SMILES string of the molecule is N#CCC(N)c1cc(I)cc(I)c1. The lowest BCUT2D eigenvalue weighted by Crippen LogP contribution is -2.09. The fourth-order valence-electron chi connectivity index (χ4n) is 1.01. The van der Waals surface area contributed by atoms with Gasteiger partial charge in [-0.15, -0.1) is 0 Å². The Kier molecular flexibility index (Phi) is 4.41. The van der Waals surface area contributed by atoms with Crippen LogP contribution >= 0.6 is 45.2 Å². The zero-order valence-corrected chi connectivity index (χ0v) is 11.1. The maximum atomic E-state index is 8.50. The van der Waals surface area contributed by atoms with Crippen LogP contribution < -0.4 is 5.73 Å². The Morgan fingerprint density at radius 2 is 1.85 bits per heavy atom. The molecular formula is C9H8I2N2. The minimum Gasteiger partial charge on any atom is -0.323 e. The molecular weight excluding hydrogens is 390 g/mol. The van der Waals surface area contributed by atoms with Crippen molar-refractivity contribution in [2.75, 3.05) is 0 Å². The number of nitrogens with zero attached hydrogens (tertiary/aromatic N) is 1. The smallest absolute Gasteiger partial charge is 0.0641 e.